The number of fused-ring (bicyclic) bond motifs is 1. The van der Waals surface area contributed by atoms with Crippen molar-refractivity contribution < 1.29 is 13.5 Å². The van der Waals surface area contributed by atoms with Gasteiger partial charge in [-0.05, 0) is 24.3 Å². The van der Waals surface area contributed by atoms with Crippen LogP contribution in [0.15, 0.2) is 48.8 Å². The Morgan fingerprint density at radius 2 is 2.00 bits per heavy atom. The number of halogens is 2. The number of rotatable bonds is 4. The molecule has 1 N–H and O–H groups in total. The van der Waals surface area contributed by atoms with E-state index >= 15 is 0 Å². The van der Waals surface area contributed by atoms with Crippen molar-refractivity contribution in [2.45, 2.75) is 6.61 Å². The molecule has 0 saturated heterocycles. The van der Waals surface area contributed by atoms with Crippen molar-refractivity contribution in [1.82, 2.24) is 24.7 Å². The lowest BCUT2D eigenvalue weighted by atomic mass is 10.2. The molecule has 6 nitrogen and oxygen atoms in total. The van der Waals surface area contributed by atoms with Crippen molar-refractivity contribution in [3.8, 4) is 28.4 Å². The summed E-state index contributed by atoms with van der Waals surface area (Å²) in [7, 11) is 1.77. The van der Waals surface area contributed by atoms with Gasteiger partial charge in [-0.25, -0.2) is 9.67 Å². The number of ether oxygens (including phenoxy) is 1. The quantitative estimate of drug-likeness (QED) is 0.615. The highest BCUT2D eigenvalue weighted by Crippen LogP contribution is 2.33. The number of nitrogens with zero attached hydrogens (tertiary/aromatic N) is 4. The fourth-order valence-corrected chi connectivity index (χ4v) is 2.70. The van der Waals surface area contributed by atoms with E-state index in [0.717, 1.165) is 5.56 Å². The molecule has 4 rings (SSSR count). The maximum Gasteiger partial charge on any atom is 0.387 e. The van der Waals surface area contributed by atoms with E-state index in [1.54, 1.807) is 42.3 Å². The Labute approximate surface area is 141 Å². The van der Waals surface area contributed by atoms with Gasteiger partial charge in [0.1, 0.15) is 22.8 Å². The second-order valence-electron chi connectivity index (χ2n) is 5.37. The van der Waals surface area contributed by atoms with Crippen molar-refractivity contribution >= 4 is 11.2 Å². The van der Waals surface area contributed by atoms with E-state index in [2.05, 4.69) is 24.8 Å². The normalized spacial score (nSPS) is 11.4. The molecule has 0 amide bonds. The number of para-hydroxylation sites is 1. The molecule has 0 aliphatic carbocycles. The third kappa shape index (κ3) is 2.71. The first-order valence-electron chi connectivity index (χ1n) is 7.51. The maximum atomic E-state index is 12.6. The first kappa shape index (κ1) is 15.3. The average molecular weight is 341 g/mol. The van der Waals surface area contributed by atoms with Crippen molar-refractivity contribution in [1.29, 1.82) is 0 Å². The van der Waals surface area contributed by atoms with Gasteiger partial charge in [-0.15, -0.1) is 0 Å². The molecule has 3 heterocycles. The molecule has 3 aromatic heterocycles. The number of aromatic nitrogens is 5. The van der Waals surface area contributed by atoms with Crippen LogP contribution in [0.3, 0.4) is 0 Å². The lowest BCUT2D eigenvalue weighted by molar-refractivity contribution is -0.0494. The number of imidazole rings is 1. The molecule has 0 spiro atoms. The number of nitrogens with one attached hydrogen (secondary N) is 1. The number of pyridine rings is 1. The summed E-state index contributed by atoms with van der Waals surface area (Å²) < 4.78 is 31.5. The van der Waals surface area contributed by atoms with E-state index in [4.69, 9.17) is 0 Å². The van der Waals surface area contributed by atoms with Gasteiger partial charge in [0.15, 0.2) is 5.65 Å². The fourth-order valence-electron chi connectivity index (χ4n) is 2.70. The van der Waals surface area contributed by atoms with E-state index in [0.29, 0.717) is 28.2 Å². The minimum atomic E-state index is -2.90. The van der Waals surface area contributed by atoms with Crippen LogP contribution >= 0.6 is 0 Å². The number of hydrogen-bond acceptors (Lipinski definition) is 4. The highest BCUT2D eigenvalue weighted by atomic mass is 19.3. The topological polar surface area (TPSA) is 68.6 Å². The summed E-state index contributed by atoms with van der Waals surface area (Å²) >= 11 is 0. The second-order valence-corrected chi connectivity index (χ2v) is 5.37. The zero-order valence-electron chi connectivity index (χ0n) is 13.1. The van der Waals surface area contributed by atoms with Crippen molar-refractivity contribution in [3.05, 3.63) is 48.8 Å². The second kappa shape index (κ2) is 5.97. The van der Waals surface area contributed by atoms with Crippen molar-refractivity contribution in [2.75, 3.05) is 0 Å². The van der Waals surface area contributed by atoms with Crippen LogP contribution in [0.5, 0.6) is 5.75 Å². The Hall–Kier alpha value is -3.29. The minimum absolute atomic E-state index is 0.0624. The molecule has 1 aromatic carbocycles. The minimum Gasteiger partial charge on any atom is -0.434 e. The van der Waals surface area contributed by atoms with Crippen LogP contribution in [0, 0.1) is 0 Å². The highest BCUT2D eigenvalue weighted by Gasteiger charge is 2.19. The molecule has 0 aliphatic heterocycles. The number of aromatic amines is 1. The van der Waals surface area contributed by atoms with Crippen LogP contribution in [-0.4, -0.2) is 31.3 Å². The molecule has 126 valence electrons. The number of alkyl halides is 2. The molecule has 0 atom stereocenters. The van der Waals surface area contributed by atoms with E-state index < -0.39 is 6.61 Å². The van der Waals surface area contributed by atoms with Gasteiger partial charge in [-0.3, -0.25) is 4.98 Å². The monoisotopic (exact) mass is 341 g/mol. The molecule has 0 unspecified atom stereocenters. The van der Waals surface area contributed by atoms with E-state index in [9.17, 15) is 8.78 Å². The summed E-state index contributed by atoms with van der Waals surface area (Å²) in [5.41, 5.74) is 3.30. The molecular formula is C17H13F2N5O. The highest BCUT2D eigenvalue weighted by molar-refractivity contribution is 5.90. The zero-order valence-corrected chi connectivity index (χ0v) is 13.1. The molecule has 8 heteroatoms. The predicted octanol–water partition coefficient (Wildman–Crippen LogP) is 3.63. The summed E-state index contributed by atoms with van der Waals surface area (Å²) in [6.07, 6.45) is 3.39. The summed E-state index contributed by atoms with van der Waals surface area (Å²) in [6.45, 7) is -2.90. The molecular weight excluding hydrogens is 328 g/mol. The molecule has 0 saturated carbocycles. The largest absolute Gasteiger partial charge is 0.434 e. The Morgan fingerprint density at radius 1 is 1.16 bits per heavy atom. The SMILES string of the molecule is Cn1nc(-c2cccnc2)c2[nH]c(-c3ccccc3OC(F)F)nc21. The number of benzene rings is 1. The van der Waals surface area contributed by atoms with Gasteiger partial charge in [0.05, 0.1) is 5.56 Å². The molecule has 0 bridgehead atoms. The summed E-state index contributed by atoms with van der Waals surface area (Å²) in [4.78, 5) is 11.8. The van der Waals surface area contributed by atoms with Gasteiger partial charge in [0.2, 0.25) is 0 Å². The lowest BCUT2D eigenvalue weighted by Gasteiger charge is -2.08. The number of hydrogen-bond donors (Lipinski definition) is 1. The van der Waals surface area contributed by atoms with Crippen LogP contribution in [0.2, 0.25) is 0 Å². The Morgan fingerprint density at radius 3 is 2.76 bits per heavy atom. The van der Waals surface area contributed by atoms with Crippen LogP contribution < -0.4 is 4.74 Å². The van der Waals surface area contributed by atoms with E-state index in [1.807, 2.05) is 12.1 Å². The molecule has 25 heavy (non-hydrogen) atoms. The van der Waals surface area contributed by atoms with Gasteiger partial charge in [0, 0.05) is 25.0 Å². The van der Waals surface area contributed by atoms with E-state index in [1.165, 1.54) is 6.07 Å². The lowest BCUT2D eigenvalue weighted by Crippen LogP contribution is -2.03. The smallest absolute Gasteiger partial charge is 0.387 e. The summed E-state index contributed by atoms with van der Waals surface area (Å²) in [5, 5.41) is 4.46. The number of aryl methyl sites for hydroxylation is 1. The third-order valence-corrected chi connectivity index (χ3v) is 3.77. The summed E-state index contributed by atoms with van der Waals surface area (Å²) in [6, 6.07) is 10.2. The standard InChI is InChI=1S/C17H13F2N5O/c1-24-16-14(13(23-24)10-5-4-8-20-9-10)21-15(22-16)11-6-2-3-7-12(11)25-17(18)19/h2-9,17H,1H3,(H,21,22). The predicted molar refractivity (Wildman–Crippen MR) is 88.2 cm³/mol. The average Bonchev–Trinajstić information content (AvgIpc) is 3.16. The van der Waals surface area contributed by atoms with Gasteiger partial charge >= 0.3 is 6.61 Å². The zero-order chi connectivity index (χ0) is 17.4. The first-order valence-corrected chi connectivity index (χ1v) is 7.51. The fraction of sp³-hybridized carbons (Fsp3) is 0.118. The van der Waals surface area contributed by atoms with Gasteiger partial charge in [-0.2, -0.15) is 13.9 Å². The van der Waals surface area contributed by atoms with Crippen molar-refractivity contribution in [3.63, 3.8) is 0 Å². The Kier molecular flexibility index (Phi) is 3.64. The van der Waals surface area contributed by atoms with Crippen LogP contribution in [0.25, 0.3) is 33.8 Å². The summed E-state index contributed by atoms with van der Waals surface area (Å²) in [5.74, 6) is 0.497. The van der Waals surface area contributed by atoms with Crippen molar-refractivity contribution in [2.24, 2.45) is 7.05 Å². The molecule has 0 fully saturated rings. The molecule has 0 radical (unpaired) electrons. The van der Waals surface area contributed by atoms with Crippen LogP contribution in [0.1, 0.15) is 0 Å². The van der Waals surface area contributed by atoms with Gasteiger partial charge in [0.25, 0.3) is 0 Å². The maximum absolute atomic E-state index is 12.6. The van der Waals surface area contributed by atoms with Crippen LogP contribution in [0.4, 0.5) is 8.78 Å². The molecule has 0 aliphatic rings. The van der Waals surface area contributed by atoms with Gasteiger partial charge < -0.3 is 9.72 Å². The first-order chi connectivity index (χ1) is 12.1. The Balaban J connectivity index is 1.86. The van der Waals surface area contributed by atoms with Gasteiger partial charge in [-0.1, -0.05) is 12.1 Å². The Bertz CT molecular complexity index is 1030. The third-order valence-electron chi connectivity index (χ3n) is 3.77. The molecule has 4 aromatic rings. The van der Waals surface area contributed by atoms with E-state index in [-0.39, 0.29) is 5.75 Å². The van der Waals surface area contributed by atoms with Crippen LogP contribution in [-0.2, 0) is 7.05 Å². The number of H-pyrrole nitrogens is 1.